The molecule has 3 heterocycles. The Labute approximate surface area is 213 Å². The van der Waals surface area contributed by atoms with Crippen molar-refractivity contribution in [3.8, 4) is 17.1 Å². The third kappa shape index (κ3) is 2.95. The standard InChI is InChI=1S/C34H21N3/c1-3-11-25-23(9-1)24-10-2-4-12-26(24)29-20-33-30(19-28(25)29)27-13-5-6-15-32(27)37(33)34-17-16-22(21-36-34)31-14-7-8-18-35-31/h1-21H. The van der Waals surface area contributed by atoms with E-state index in [1.165, 1.54) is 43.1 Å². The Morgan fingerprint density at radius 1 is 0.432 bits per heavy atom. The first kappa shape index (κ1) is 20.2. The van der Waals surface area contributed by atoms with Crippen LogP contribution in [0.4, 0.5) is 0 Å². The molecule has 0 fully saturated rings. The van der Waals surface area contributed by atoms with Crippen molar-refractivity contribution >= 4 is 54.1 Å². The van der Waals surface area contributed by atoms with E-state index in [0.717, 1.165) is 28.1 Å². The van der Waals surface area contributed by atoms with Crippen LogP contribution in [-0.2, 0) is 0 Å². The van der Waals surface area contributed by atoms with Crippen molar-refractivity contribution in [3.63, 3.8) is 0 Å². The van der Waals surface area contributed by atoms with Gasteiger partial charge in [0, 0.05) is 28.7 Å². The SMILES string of the molecule is c1ccc(-c2ccc(-n3c4ccccc4c4cc5c6ccccc6c6ccccc6c5cc43)nc2)nc1. The van der Waals surface area contributed by atoms with Gasteiger partial charge in [0.05, 0.1) is 16.7 Å². The Morgan fingerprint density at radius 2 is 1.05 bits per heavy atom. The van der Waals surface area contributed by atoms with Crippen LogP contribution in [0.5, 0.6) is 0 Å². The molecule has 37 heavy (non-hydrogen) atoms. The molecular formula is C34H21N3. The summed E-state index contributed by atoms with van der Waals surface area (Å²) in [6.45, 7) is 0. The second kappa shape index (κ2) is 7.74. The van der Waals surface area contributed by atoms with Crippen LogP contribution in [0.1, 0.15) is 0 Å². The van der Waals surface area contributed by atoms with Gasteiger partial charge in [-0.15, -0.1) is 0 Å². The first-order chi connectivity index (χ1) is 18.4. The van der Waals surface area contributed by atoms with E-state index in [1.807, 2.05) is 30.6 Å². The van der Waals surface area contributed by atoms with Gasteiger partial charge in [-0.3, -0.25) is 9.55 Å². The van der Waals surface area contributed by atoms with Gasteiger partial charge in [0.2, 0.25) is 0 Å². The maximum Gasteiger partial charge on any atom is 0.137 e. The molecule has 0 saturated heterocycles. The van der Waals surface area contributed by atoms with Crippen molar-refractivity contribution in [1.82, 2.24) is 14.5 Å². The lowest BCUT2D eigenvalue weighted by molar-refractivity contribution is 1.08. The molecule has 0 unspecified atom stereocenters. The summed E-state index contributed by atoms with van der Waals surface area (Å²) >= 11 is 0. The van der Waals surface area contributed by atoms with Crippen molar-refractivity contribution in [2.75, 3.05) is 0 Å². The van der Waals surface area contributed by atoms with E-state index in [1.54, 1.807) is 0 Å². The lowest BCUT2D eigenvalue weighted by atomic mass is 9.93. The molecule has 0 radical (unpaired) electrons. The van der Waals surface area contributed by atoms with Crippen LogP contribution in [-0.4, -0.2) is 14.5 Å². The highest BCUT2D eigenvalue weighted by Gasteiger charge is 2.16. The highest BCUT2D eigenvalue weighted by atomic mass is 15.1. The van der Waals surface area contributed by atoms with E-state index >= 15 is 0 Å². The molecule has 0 bridgehead atoms. The van der Waals surface area contributed by atoms with Gasteiger partial charge < -0.3 is 0 Å². The summed E-state index contributed by atoms with van der Waals surface area (Å²) in [6, 6.07) is 41.0. The van der Waals surface area contributed by atoms with Crippen LogP contribution < -0.4 is 0 Å². The Bertz CT molecular complexity index is 2120. The zero-order chi connectivity index (χ0) is 24.3. The Kier molecular flexibility index (Phi) is 4.23. The third-order valence-corrected chi connectivity index (χ3v) is 7.47. The lowest BCUT2D eigenvalue weighted by Gasteiger charge is -2.12. The highest BCUT2D eigenvalue weighted by molar-refractivity contribution is 6.28. The first-order valence-electron chi connectivity index (χ1n) is 12.5. The summed E-state index contributed by atoms with van der Waals surface area (Å²) in [5.41, 5.74) is 4.24. The molecule has 0 N–H and O–H groups in total. The van der Waals surface area contributed by atoms with E-state index in [-0.39, 0.29) is 0 Å². The minimum absolute atomic E-state index is 0.898. The van der Waals surface area contributed by atoms with Crippen molar-refractivity contribution < 1.29 is 0 Å². The van der Waals surface area contributed by atoms with Crippen molar-refractivity contribution in [1.29, 1.82) is 0 Å². The Morgan fingerprint density at radius 3 is 1.70 bits per heavy atom. The number of pyridine rings is 2. The molecule has 8 aromatic rings. The number of aromatic nitrogens is 3. The van der Waals surface area contributed by atoms with Gasteiger partial charge in [-0.05, 0) is 74.8 Å². The van der Waals surface area contributed by atoms with E-state index < -0.39 is 0 Å². The minimum atomic E-state index is 0.898. The molecule has 172 valence electrons. The van der Waals surface area contributed by atoms with Gasteiger partial charge in [0.1, 0.15) is 5.82 Å². The van der Waals surface area contributed by atoms with Gasteiger partial charge in [0.25, 0.3) is 0 Å². The predicted octanol–water partition coefficient (Wildman–Crippen LogP) is 8.70. The number of hydrogen-bond donors (Lipinski definition) is 0. The number of para-hydroxylation sites is 1. The largest absolute Gasteiger partial charge is 0.294 e. The maximum absolute atomic E-state index is 4.91. The second-order valence-electron chi connectivity index (χ2n) is 9.48. The lowest BCUT2D eigenvalue weighted by Crippen LogP contribution is -1.97. The van der Waals surface area contributed by atoms with E-state index in [2.05, 4.69) is 107 Å². The number of hydrogen-bond acceptors (Lipinski definition) is 2. The molecule has 3 heteroatoms. The van der Waals surface area contributed by atoms with Gasteiger partial charge in [-0.1, -0.05) is 72.8 Å². The zero-order valence-corrected chi connectivity index (χ0v) is 20.0. The molecule has 8 rings (SSSR count). The average Bonchev–Trinajstić information content (AvgIpc) is 3.30. The summed E-state index contributed by atoms with van der Waals surface area (Å²) in [5.74, 6) is 0.898. The molecule has 0 atom stereocenters. The number of fused-ring (bicyclic) bond motifs is 9. The molecule has 3 nitrogen and oxygen atoms in total. The predicted molar refractivity (Wildman–Crippen MR) is 154 cm³/mol. The van der Waals surface area contributed by atoms with Crippen molar-refractivity contribution in [3.05, 3.63) is 128 Å². The average molecular weight is 472 g/mol. The molecule has 0 saturated carbocycles. The highest BCUT2D eigenvalue weighted by Crippen LogP contribution is 2.40. The van der Waals surface area contributed by atoms with Crippen LogP contribution in [0.3, 0.4) is 0 Å². The molecule has 3 aromatic heterocycles. The van der Waals surface area contributed by atoms with Gasteiger partial charge in [-0.25, -0.2) is 4.98 Å². The minimum Gasteiger partial charge on any atom is -0.294 e. The summed E-state index contributed by atoms with van der Waals surface area (Å²) in [5, 5.41) is 10.1. The van der Waals surface area contributed by atoms with E-state index in [0.29, 0.717) is 0 Å². The number of benzene rings is 5. The summed E-state index contributed by atoms with van der Waals surface area (Å²) in [6.07, 6.45) is 3.73. The number of rotatable bonds is 2. The van der Waals surface area contributed by atoms with Gasteiger partial charge in [-0.2, -0.15) is 0 Å². The fourth-order valence-electron chi connectivity index (χ4n) is 5.82. The van der Waals surface area contributed by atoms with Crippen LogP contribution in [0.25, 0.3) is 71.2 Å². The van der Waals surface area contributed by atoms with Gasteiger partial charge in [0.15, 0.2) is 0 Å². The molecule has 5 aromatic carbocycles. The smallest absolute Gasteiger partial charge is 0.137 e. The molecule has 0 aliphatic heterocycles. The van der Waals surface area contributed by atoms with E-state index in [9.17, 15) is 0 Å². The van der Waals surface area contributed by atoms with Gasteiger partial charge >= 0.3 is 0 Å². The summed E-state index contributed by atoms with van der Waals surface area (Å²) in [7, 11) is 0. The van der Waals surface area contributed by atoms with Crippen LogP contribution in [0.2, 0.25) is 0 Å². The third-order valence-electron chi connectivity index (χ3n) is 7.47. The Hall–Kier alpha value is -5.02. The first-order valence-corrected chi connectivity index (χ1v) is 12.5. The molecular weight excluding hydrogens is 450 g/mol. The molecule has 0 amide bonds. The maximum atomic E-state index is 4.91. The van der Waals surface area contributed by atoms with E-state index in [4.69, 9.17) is 4.98 Å². The van der Waals surface area contributed by atoms with Crippen LogP contribution >= 0.6 is 0 Å². The fraction of sp³-hybridized carbons (Fsp3) is 0. The second-order valence-corrected chi connectivity index (χ2v) is 9.48. The van der Waals surface area contributed by atoms with Crippen LogP contribution in [0.15, 0.2) is 128 Å². The van der Waals surface area contributed by atoms with Crippen molar-refractivity contribution in [2.45, 2.75) is 0 Å². The fourth-order valence-corrected chi connectivity index (χ4v) is 5.82. The molecule has 0 aliphatic carbocycles. The zero-order valence-electron chi connectivity index (χ0n) is 20.0. The normalized spacial score (nSPS) is 11.8. The summed E-state index contributed by atoms with van der Waals surface area (Å²) in [4.78, 5) is 9.40. The summed E-state index contributed by atoms with van der Waals surface area (Å²) < 4.78 is 2.29. The number of nitrogens with zero attached hydrogens (tertiary/aromatic N) is 3. The topological polar surface area (TPSA) is 30.7 Å². The van der Waals surface area contributed by atoms with Crippen LogP contribution in [0, 0.1) is 0 Å². The Balaban J connectivity index is 1.48. The van der Waals surface area contributed by atoms with Crippen molar-refractivity contribution in [2.24, 2.45) is 0 Å². The molecule has 0 spiro atoms. The monoisotopic (exact) mass is 471 g/mol. The quantitative estimate of drug-likeness (QED) is 0.236. The molecule has 0 aliphatic rings.